The lowest BCUT2D eigenvalue weighted by Gasteiger charge is -1.95. The Labute approximate surface area is 102 Å². The van der Waals surface area contributed by atoms with Crippen LogP contribution in [0.4, 0.5) is 0 Å². The predicted octanol–water partition coefficient (Wildman–Crippen LogP) is 2.10. The third-order valence-electron chi connectivity index (χ3n) is 2.42. The van der Waals surface area contributed by atoms with Gasteiger partial charge in [-0.2, -0.15) is 0 Å². The van der Waals surface area contributed by atoms with Gasteiger partial charge in [0.25, 0.3) is 0 Å². The van der Waals surface area contributed by atoms with E-state index in [0.717, 1.165) is 11.2 Å². The number of rotatable bonds is 2. The van der Waals surface area contributed by atoms with Crippen LogP contribution in [0.1, 0.15) is 5.56 Å². The molecule has 0 spiro atoms. The number of pyridine rings is 1. The fourth-order valence-corrected chi connectivity index (χ4v) is 1.73. The van der Waals surface area contributed by atoms with Gasteiger partial charge in [-0.3, -0.25) is 0 Å². The zero-order valence-corrected chi connectivity index (χ0v) is 9.55. The molecule has 0 fully saturated rings. The Morgan fingerprint density at radius 3 is 2.88 bits per heavy atom. The van der Waals surface area contributed by atoms with Crippen LogP contribution in [0.25, 0.3) is 17.2 Å². The topological polar surface area (TPSA) is 69.3 Å². The summed E-state index contributed by atoms with van der Waals surface area (Å²) < 4.78 is 6.93. The van der Waals surface area contributed by atoms with Crippen LogP contribution < -0.4 is 5.73 Å². The molecule has 6 heteroatoms. The molecule has 0 aliphatic rings. The summed E-state index contributed by atoms with van der Waals surface area (Å²) in [5.41, 5.74) is 7.30. The molecule has 0 bridgehead atoms. The molecule has 3 aromatic heterocycles. The number of hydrogen-bond acceptors (Lipinski definition) is 4. The van der Waals surface area contributed by atoms with Crippen molar-refractivity contribution in [2.45, 2.75) is 6.54 Å². The summed E-state index contributed by atoms with van der Waals surface area (Å²) in [5.74, 6) is 1.05. The van der Waals surface area contributed by atoms with Gasteiger partial charge in [0.05, 0.1) is 0 Å². The lowest BCUT2D eigenvalue weighted by molar-refractivity contribution is 0.579. The highest BCUT2D eigenvalue weighted by Crippen LogP contribution is 2.22. The van der Waals surface area contributed by atoms with Crippen LogP contribution in [0.5, 0.6) is 0 Å². The van der Waals surface area contributed by atoms with E-state index in [2.05, 4.69) is 10.1 Å². The van der Waals surface area contributed by atoms with Crippen LogP contribution in [0.15, 0.2) is 34.9 Å². The Kier molecular flexibility index (Phi) is 2.35. The molecule has 5 nitrogen and oxygen atoms in total. The molecule has 0 aliphatic carbocycles. The molecule has 0 unspecified atom stereocenters. The van der Waals surface area contributed by atoms with Gasteiger partial charge in [-0.25, -0.2) is 9.50 Å². The molecular formula is C11H9ClN4O. The first kappa shape index (κ1) is 10.3. The zero-order valence-electron chi connectivity index (χ0n) is 8.80. The van der Waals surface area contributed by atoms with Crippen LogP contribution in [-0.2, 0) is 6.54 Å². The molecule has 3 aromatic rings. The monoisotopic (exact) mass is 248 g/mol. The minimum Gasteiger partial charge on any atom is -0.441 e. The second-order valence-corrected chi connectivity index (χ2v) is 3.96. The second kappa shape index (κ2) is 3.87. The van der Waals surface area contributed by atoms with Crippen molar-refractivity contribution in [3.8, 4) is 11.6 Å². The zero-order chi connectivity index (χ0) is 11.8. The number of halogens is 1. The first-order valence-electron chi connectivity index (χ1n) is 5.07. The third kappa shape index (κ3) is 1.79. The van der Waals surface area contributed by atoms with E-state index in [-0.39, 0.29) is 0 Å². The van der Waals surface area contributed by atoms with E-state index in [1.807, 2.05) is 18.3 Å². The van der Waals surface area contributed by atoms with Crippen molar-refractivity contribution in [1.82, 2.24) is 14.6 Å². The van der Waals surface area contributed by atoms with Crippen molar-refractivity contribution in [3.63, 3.8) is 0 Å². The molecule has 0 aromatic carbocycles. The molecular weight excluding hydrogens is 240 g/mol. The molecule has 0 saturated heterocycles. The van der Waals surface area contributed by atoms with Crippen LogP contribution in [0.2, 0.25) is 5.22 Å². The maximum Gasteiger partial charge on any atom is 0.217 e. The van der Waals surface area contributed by atoms with Gasteiger partial charge in [0.1, 0.15) is 0 Å². The van der Waals surface area contributed by atoms with Gasteiger partial charge in [-0.05, 0) is 35.4 Å². The summed E-state index contributed by atoms with van der Waals surface area (Å²) in [6.45, 7) is 0.470. The molecule has 86 valence electrons. The van der Waals surface area contributed by atoms with Gasteiger partial charge < -0.3 is 10.2 Å². The molecule has 2 N–H and O–H groups in total. The molecule has 0 atom stereocenters. The fourth-order valence-electron chi connectivity index (χ4n) is 1.59. The van der Waals surface area contributed by atoms with E-state index in [0.29, 0.717) is 23.3 Å². The van der Waals surface area contributed by atoms with Crippen LogP contribution >= 0.6 is 11.6 Å². The van der Waals surface area contributed by atoms with Crippen LogP contribution in [-0.4, -0.2) is 14.6 Å². The highest BCUT2D eigenvalue weighted by Gasteiger charge is 2.10. The average Bonchev–Trinajstić information content (AvgIpc) is 2.93. The third-order valence-corrected chi connectivity index (χ3v) is 2.62. The summed E-state index contributed by atoms with van der Waals surface area (Å²) >= 11 is 5.71. The average molecular weight is 249 g/mol. The summed E-state index contributed by atoms with van der Waals surface area (Å²) in [5, 5.41) is 4.62. The van der Waals surface area contributed by atoms with E-state index in [1.54, 1.807) is 16.6 Å². The standard InChI is InChI=1S/C11H9ClN4O/c12-9-3-2-8(17-9)11-14-10-4-1-7(5-13)6-16(10)15-11/h1-4,6H,5,13H2. The highest BCUT2D eigenvalue weighted by molar-refractivity contribution is 6.28. The number of furan rings is 1. The first-order valence-corrected chi connectivity index (χ1v) is 5.45. The van der Waals surface area contributed by atoms with Crippen molar-refractivity contribution in [3.05, 3.63) is 41.2 Å². The lowest BCUT2D eigenvalue weighted by atomic mass is 10.3. The Balaban J connectivity index is 2.13. The molecule has 0 radical (unpaired) electrons. The van der Waals surface area contributed by atoms with Crippen molar-refractivity contribution >= 4 is 17.2 Å². The summed E-state index contributed by atoms with van der Waals surface area (Å²) in [4.78, 5) is 4.33. The predicted molar refractivity (Wildman–Crippen MR) is 63.6 cm³/mol. The van der Waals surface area contributed by atoms with Gasteiger partial charge in [0.15, 0.2) is 16.6 Å². The summed E-state index contributed by atoms with van der Waals surface area (Å²) in [7, 11) is 0. The van der Waals surface area contributed by atoms with Crippen molar-refractivity contribution < 1.29 is 4.42 Å². The van der Waals surface area contributed by atoms with E-state index in [4.69, 9.17) is 21.8 Å². The Morgan fingerprint density at radius 2 is 2.18 bits per heavy atom. The van der Waals surface area contributed by atoms with Gasteiger partial charge in [0.2, 0.25) is 5.82 Å². The lowest BCUT2D eigenvalue weighted by Crippen LogP contribution is -1.98. The normalized spacial score (nSPS) is 11.2. The number of hydrogen-bond donors (Lipinski definition) is 1. The van der Waals surface area contributed by atoms with Crippen LogP contribution in [0, 0.1) is 0 Å². The quantitative estimate of drug-likeness (QED) is 0.754. The molecule has 0 aliphatic heterocycles. The van der Waals surface area contributed by atoms with E-state index in [1.165, 1.54) is 0 Å². The smallest absolute Gasteiger partial charge is 0.217 e. The number of nitrogens with two attached hydrogens (primary N) is 1. The number of nitrogens with zero attached hydrogens (tertiary/aromatic N) is 3. The maximum absolute atomic E-state index is 5.71. The van der Waals surface area contributed by atoms with E-state index >= 15 is 0 Å². The van der Waals surface area contributed by atoms with Gasteiger partial charge in [-0.15, -0.1) is 5.10 Å². The van der Waals surface area contributed by atoms with E-state index in [9.17, 15) is 0 Å². The second-order valence-electron chi connectivity index (χ2n) is 3.58. The Morgan fingerprint density at radius 1 is 1.29 bits per heavy atom. The maximum atomic E-state index is 5.71. The number of fused-ring (bicyclic) bond motifs is 1. The van der Waals surface area contributed by atoms with Crippen LogP contribution in [0.3, 0.4) is 0 Å². The first-order chi connectivity index (χ1) is 8.26. The highest BCUT2D eigenvalue weighted by atomic mass is 35.5. The molecule has 0 amide bonds. The van der Waals surface area contributed by atoms with Gasteiger partial charge in [-0.1, -0.05) is 6.07 Å². The molecule has 3 rings (SSSR count). The van der Waals surface area contributed by atoms with Gasteiger partial charge in [0, 0.05) is 12.7 Å². The molecule has 3 heterocycles. The molecule has 0 saturated carbocycles. The summed E-state index contributed by atoms with van der Waals surface area (Å²) in [6, 6.07) is 7.18. The molecule has 17 heavy (non-hydrogen) atoms. The van der Waals surface area contributed by atoms with Crippen molar-refractivity contribution in [2.24, 2.45) is 5.73 Å². The fraction of sp³-hybridized carbons (Fsp3) is 0.0909. The van der Waals surface area contributed by atoms with Gasteiger partial charge >= 0.3 is 0 Å². The Hall–Kier alpha value is -1.85. The summed E-state index contributed by atoms with van der Waals surface area (Å²) in [6.07, 6.45) is 1.84. The SMILES string of the molecule is NCc1ccc2nc(-c3ccc(Cl)o3)nn2c1. The minimum absolute atomic E-state index is 0.321. The van der Waals surface area contributed by atoms with Crippen molar-refractivity contribution in [2.75, 3.05) is 0 Å². The Bertz CT molecular complexity index is 673. The largest absolute Gasteiger partial charge is 0.441 e. The minimum atomic E-state index is 0.321. The number of aromatic nitrogens is 3. The van der Waals surface area contributed by atoms with E-state index < -0.39 is 0 Å². The van der Waals surface area contributed by atoms with Crippen molar-refractivity contribution in [1.29, 1.82) is 0 Å².